The summed E-state index contributed by atoms with van der Waals surface area (Å²) in [5, 5.41) is 25.9. The Morgan fingerprint density at radius 1 is 0.540 bits per heavy atom. The molecular weight excluding hydrogens is 1460 g/mol. The number of unbranched alkanes of at least 4 members (excludes halogenated alkanes) is 3. The Kier molecular flexibility index (Phi) is 40.2. The van der Waals surface area contributed by atoms with E-state index in [2.05, 4.69) is 197 Å². The van der Waals surface area contributed by atoms with Crippen LogP contribution in [0, 0.1) is 29.7 Å². The molecule has 0 saturated carbocycles. The van der Waals surface area contributed by atoms with Crippen molar-refractivity contribution >= 4 is 94.3 Å². The summed E-state index contributed by atoms with van der Waals surface area (Å²) in [6.45, 7) is 45.9. The number of pyridine rings is 5. The molecule has 5 rings (SSSR count). The van der Waals surface area contributed by atoms with Crippen LogP contribution in [0.4, 0.5) is 22.0 Å². The molecule has 0 radical (unpaired) electrons. The van der Waals surface area contributed by atoms with Crippen LogP contribution in [0.25, 0.3) is 5.76 Å². The van der Waals surface area contributed by atoms with Crippen molar-refractivity contribution in [3.05, 3.63) is 134 Å². The predicted octanol–water partition coefficient (Wildman–Crippen LogP) is 21.4. The van der Waals surface area contributed by atoms with E-state index in [1.165, 1.54) is 75.1 Å². The number of alkyl halides is 1. The Hall–Kier alpha value is -3.98. The van der Waals surface area contributed by atoms with Crippen molar-refractivity contribution in [3.8, 4) is 28.7 Å². The van der Waals surface area contributed by atoms with Crippen molar-refractivity contribution in [2.75, 3.05) is 11.9 Å². The zero-order valence-electron chi connectivity index (χ0n) is 54.2. The first-order valence-corrected chi connectivity index (χ1v) is 44.2. The average Bonchev–Trinajstić information content (AvgIpc) is 1.84. The third kappa shape index (κ3) is 27.2. The summed E-state index contributed by atoms with van der Waals surface area (Å²) < 4.78 is 90.2. The standard InChI is InChI=1S/C18H30FNO2Si.C14H23BrFNOSi.C7H5BrFNO2.C5H3BrFNO.C5H4FNO.3C4H9.C3H5.Sn/c1-9-21-15(8)16-10-11-17(18(19)20-16)22-23(12(2)3,13(4)5)14(6)7;1-9(2)19(10(3)4,11(5)6)18-12-7-8-13(15)17-14(12)16;8-3-6(12)4-1-2-5(11)7(9)10-4;6-4-2-1-3(9)5(7)8-4;6-5-4(8)2-1-3-7-5;3*1-3-4-2;1-3-2;/h10-14H,8-9H2,1-7H3;7-11H,1-6H3;1-2,11H,3H2;1-2,9H;1-3,8H;3*1,3-4H2,2H3;1H2,2H3;. The number of Topliss-reactive ketones (excluding diaryl/α,β-unsaturated/α-hetero) is 1. The molecule has 0 fully saturated rings. The van der Waals surface area contributed by atoms with Gasteiger partial charge >= 0.3 is 108 Å². The van der Waals surface area contributed by atoms with Gasteiger partial charge in [-0.05, 0) is 133 Å². The van der Waals surface area contributed by atoms with E-state index in [0.29, 0.717) is 60.5 Å². The molecule has 0 atom stereocenters. The molecule has 0 saturated heterocycles. The number of aromatic nitrogens is 5. The van der Waals surface area contributed by atoms with Crippen molar-refractivity contribution in [1.82, 2.24) is 24.9 Å². The summed E-state index contributed by atoms with van der Waals surface area (Å²) in [5.41, 5.74) is 2.77. The minimum atomic E-state index is -2.19. The normalized spacial score (nSPS) is 11.3. The molecule has 0 amide bonds. The number of carbonyl (C=O) groups excluding carboxylic acids is 1. The van der Waals surface area contributed by atoms with Gasteiger partial charge in [0.05, 0.1) is 11.9 Å². The van der Waals surface area contributed by atoms with Crippen LogP contribution in [-0.2, 0) is 4.74 Å². The molecule has 3 N–H and O–H groups in total. The van der Waals surface area contributed by atoms with Gasteiger partial charge in [-0.1, -0.05) is 106 Å². The summed E-state index contributed by atoms with van der Waals surface area (Å²) in [7, 11) is -4.31. The largest absolute Gasteiger partial charge is 0.540 e. The van der Waals surface area contributed by atoms with E-state index < -0.39 is 82.0 Å². The first-order valence-electron chi connectivity index (χ1n) is 29.8. The average molecular weight is 1560 g/mol. The van der Waals surface area contributed by atoms with Gasteiger partial charge in [0, 0.05) is 6.20 Å². The van der Waals surface area contributed by atoms with Crippen molar-refractivity contribution in [1.29, 1.82) is 0 Å². The van der Waals surface area contributed by atoms with Crippen LogP contribution < -0.4 is 8.85 Å². The van der Waals surface area contributed by atoms with E-state index in [9.17, 15) is 26.7 Å². The fourth-order valence-electron chi connectivity index (χ4n) is 10.5. The van der Waals surface area contributed by atoms with Crippen molar-refractivity contribution in [2.45, 2.75) is 203 Å². The van der Waals surface area contributed by atoms with Crippen molar-refractivity contribution in [2.24, 2.45) is 0 Å². The molecule has 87 heavy (non-hydrogen) atoms. The van der Waals surface area contributed by atoms with E-state index in [1.807, 2.05) is 6.92 Å². The minimum Gasteiger partial charge on any atom is -0.540 e. The van der Waals surface area contributed by atoms with Gasteiger partial charge in [-0.2, -0.15) is 22.0 Å². The van der Waals surface area contributed by atoms with Crippen LogP contribution in [0.1, 0.15) is 172 Å². The van der Waals surface area contributed by atoms with Gasteiger partial charge in [-0.15, -0.1) is 0 Å². The topological polar surface area (TPSA) is 170 Å². The number of ether oxygens (including phenoxy) is 1. The molecule has 5 aromatic rings. The fraction of sp³-hybridized carbons (Fsp3) is 0.531. The molecule has 0 unspecified atom stereocenters. The molecule has 23 heteroatoms. The first-order chi connectivity index (χ1) is 40.6. The molecule has 0 aliphatic rings. The van der Waals surface area contributed by atoms with Crippen LogP contribution in [0.5, 0.6) is 28.7 Å². The molecule has 5 aromatic heterocycles. The Labute approximate surface area is 548 Å². The second-order valence-electron chi connectivity index (χ2n) is 22.8. The van der Waals surface area contributed by atoms with E-state index in [-0.39, 0.29) is 28.3 Å². The first kappa shape index (κ1) is 83.0. The molecule has 0 aliphatic heterocycles. The second-order valence-corrected chi connectivity index (χ2v) is 49.8. The van der Waals surface area contributed by atoms with Crippen LogP contribution in [0.15, 0.2) is 92.8 Å². The molecular formula is C64H97Br3F5N5O7Si2Sn. The van der Waals surface area contributed by atoms with Gasteiger partial charge in [0.1, 0.15) is 26.4 Å². The van der Waals surface area contributed by atoms with Gasteiger partial charge < -0.3 is 28.9 Å². The van der Waals surface area contributed by atoms with Crippen molar-refractivity contribution in [3.63, 3.8) is 0 Å². The number of halogens is 8. The summed E-state index contributed by atoms with van der Waals surface area (Å²) in [5.74, 6) is -4.67. The van der Waals surface area contributed by atoms with Crippen LogP contribution in [0.2, 0.25) is 46.6 Å². The van der Waals surface area contributed by atoms with Gasteiger partial charge in [-0.25, -0.2) is 24.9 Å². The number of carbonyl (C=O) groups is 1. The smallest absolute Gasteiger partial charge is 0.258 e. The van der Waals surface area contributed by atoms with Crippen LogP contribution in [-0.4, -0.2) is 93.0 Å². The molecule has 0 bridgehead atoms. The van der Waals surface area contributed by atoms with Gasteiger partial charge in [0.25, 0.3) is 46.4 Å². The summed E-state index contributed by atoms with van der Waals surface area (Å²) in [6, 6.07) is 14.5. The van der Waals surface area contributed by atoms with Gasteiger partial charge in [-0.3, -0.25) is 4.79 Å². The summed E-state index contributed by atoms with van der Waals surface area (Å²) in [6.07, 6.45) is 9.73. The Balaban J connectivity index is 0.00000105. The number of aromatic hydroxyl groups is 3. The third-order valence-corrected chi connectivity index (χ3v) is 44.6. The Bertz CT molecular complexity index is 2780. The number of hydrogen-bond acceptors (Lipinski definition) is 12. The van der Waals surface area contributed by atoms with E-state index in [1.54, 1.807) is 41.2 Å². The second kappa shape index (κ2) is 42.2. The number of allylic oxidation sites excluding steroid dienone is 1. The number of rotatable bonds is 25. The maximum Gasteiger partial charge on any atom is 0.258 e. The van der Waals surface area contributed by atoms with Crippen molar-refractivity contribution < 1.29 is 55.7 Å². The maximum atomic E-state index is 14.5. The summed E-state index contributed by atoms with van der Waals surface area (Å²) in [4.78, 5) is 28.3. The SMILES string of the molecule is C=C(OCC)c1ccc(O[Si](C(C)C)(C(C)C)C(C)C)c(F)n1.C=[C](C)[Sn]([CH2]CCC)([CH2]CCC)[CH2]CCC.CC(C)[Si](Oc1ccc(Br)nc1F)(C(C)C)C(C)C.O=C(CBr)c1ccc(O)c(F)n1.Oc1ccc(Br)nc1F.Oc1cccnc1F. The number of nitrogens with zero attached hydrogens (tertiary/aromatic N) is 5. The predicted molar refractivity (Wildman–Crippen MR) is 363 cm³/mol. The van der Waals surface area contributed by atoms with Gasteiger partial charge in [0.2, 0.25) is 0 Å². The van der Waals surface area contributed by atoms with Crippen LogP contribution >= 0.6 is 47.8 Å². The van der Waals surface area contributed by atoms with Crippen LogP contribution in [0.3, 0.4) is 0 Å². The number of ketones is 1. The third-order valence-electron chi connectivity index (χ3n) is 14.9. The Morgan fingerprint density at radius 3 is 1.21 bits per heavy atom. The fourth-order valence-corrected chi connectivity index (χ4v) is 36.4. The molecule has 488 valence electrons. The van der Waals surface area contributed by atoms with Gasteiger partial charge in [0.15, 0.2) is 34.5 Å². The molecule has 0 aromatic carbocycles. The Morgan fingerprint density at radius 2 is 0.897 bits per heavy atom. The maximum absolute atomic E-state index is 14.5. The molecule has 12 nitrogen and oxygen atoms in total. The number of hydrogen-bond donors (Lipinski definition) is 3. The zero-order chi connectivity index (χ0) is 67.0. The van der Waals surface area contributed by atoms with E-state index in [0.717, 1.165) is 6.07 Å². The minimum absolute atomic E-state index is 0.00201. The quantitative estimate of drug-likeness (QED) is 0.0126. The van der Waals surface area contributed by atoms with E-state index >= 15 is 0 Å². The molecule has 0 aliphatic carbocycles. The monoisotopic (exact) mass is 1560 g/mol. The molecule has 0 spiro atoms. The summed E-state index contributed by atoms with van der Waals surface area (Å²) >= 11 is 7.08. The zero-order valence-corrected chi connectivity index (χ0v) is 63.9. The molecule has 5 heterocycles. The van der Waals surface area contributed by atoms with E-state index in [4.69, 9.17) is 28.9 Å².